The monoisotopic (exact) mass is 408 g/mol. The zero-order chi connectivity index (χ0) is 20.0. The number of amides is 1. The molecule has 6 heteroatoms. The maximum Gasteiger partial charge on any atom is 0.270 e. The highest BCUT2D eigenvalue weighted by Crippen LogP contribution is 2.49. The average molecular weight is 409 g/mol. The second kappa shape index (κ2) is 7.06. The standard InChI is InChI=1S/C23H25ClN4O/c1-2-19-21(28-13-17(24)6-9-20(28)26-19)22(29)25-12-16-4-7-18(8-5-16)27-14-23(15-27)10-3-11-23/h4-9,13H,2-3,10-12,14-15H2,1H3,(H,25,29). The van der Waals surface area contributed by atoms with Gasteiger partial charge in [-0.3, -0.25) is 9.20 Å². The fourth-order valence-corrected chi connectivity index (χ4v) is 4.74. The van der Waals surface area contributed by atoms with E-state index in [1.54, 1.807) is 16.7 Å². The van der Waals surface area contributed by atoms with E-state index in [1.165, 1.54) is 38.0 Å². The van der Waals surface area contributed by atoms with Crippen LogP contribution in [-0.4, -0.2) is 28.4 Å². The molecule has 5 rings (SSSR count). The van der Waals surface area contributed by atoms with Gasteiger partial charge in [0.05, 0.1) is 10.7 Å². The van der Waals surface area contributed by atoms with Gasteiger partial charge < -0.3 is 10.2 Å². The number of fused-ring (bicyclic) bond motifs is 1. The van der Waals surface area contributed by atoms with E-state index in [4.69, 9.17) is 11.6 Å². The van der Waals surface area contributed by atoms with Crippen LogP contribution < -0.4 is 10.2 Å². The van der Waals surface area contributed by atoms with Crippen molar-refractivity contribution >= 4 is 28.8 Å². The van der Waals surface area contributed by atoms with Crippen LogP contribution in [0.5, 0.6) is 0 Å². The van der Waals surface area contributed by atoms with Gasteiger partial charge in [0.1, 0.15) is 11.3 Å². The molecule has 0 bridgehead atoms. The minimum absolute atomic E-state index is 0.129. The molecule has 0 radical (unpaired) electrons. The smallest absolute Gasteiger partial charge is 0.270 e. The van der Waals surface area contributed by atoms with E-state index in [0.717, 1.165) is 16.9 Å². The summed E-state index contributed by atoms with van der Waals surface area (Å²) in [5.74, 6) is -0.129. The number of pyridine rings is 1. The van der Waals surface area contributed by atoms with Crippen molar-refractivity contribution in [3.05, 3.63) is 64.6 Å². The first-order valence-electron chi connectivity index (χ1n) is 10.4. The Balaban J connectivity index is 1.26. The second-order valence-corrected chi connectivity index (χ2v) is 8.83. The lowest BCUT2D eigenvalue weighted by molar-refractivity contribution is 0.0904. The topological polar surface area (TPSA) is 49.6 Å². The summed E-state index contributed by atoms with van der Waals surface area (Å²) in [6.07, 6.45) is 6.61. The van der Waals surface area contributed by atoms with Crippen molar-refractivity contribution in [2.45, 2.75) is 39.2 Å². The van der Waals surface area contributed by atoms with Gasteiger partial charge in [-0.15, -0.1) is 0 Å². The summed E-state index contributed by atoms with van der Waals surface area (Å²) in [6, 6.07) is 12.2. The minimum Gasteiger partial charge on any atom is -0.370 e. The molecule has 5 nitrogen and oxygen atoms in total. The first-order valence-corrected chi connectivity index (χ1v) is 10.7. The quantitative estimate of drug-likeness (QED) is 0.677. The number of carbonyl (C=O) groups excluding carboxylic acids is 1. The van der Waals surface area contributed by atoms with Crippen LogP contribution in [0.2, 0.25) is 5.02 Å². The molecule has 1 aliphatic heterocycles. The molecule has 29 heavy (non-hydrogen) atoms. The molecule has 1 saturated heterocycles. The highest BCUT2D eigenvalue weighted by molar-refractivity contribution is 6.30. The molecule has 1 aromatic carbocycles. The summed E-state index contributed by atoms with van der Waals surface area (Å²) < 4.78 is 1.78. The Labute approximate surface area is 175 Å². The van der Waals surface area contributed by atoms with E-state index in [0.29, 0.717) is 29.1 Å². The molecule has 1 N–H and O–H groups in total. The van der Waals surface area contributed by atoms with Gasteiger partial charge >= 0.3 is 0 Å². The summed E-state index contributed by atoms with van der Waals surface area (Å²) >= 11 is 6.12. The molecule has 3 heterocycles. The summed E-state index contributed by atoms with van der Waals surface area (Å²) in [5.41, 5.74) is 5.07. The SMILES string of the molecule is CCc1nc2ccc(Cl)cn2c1C(=O)NCc1ccc(N2CC3(CCC3)C2)cc1. The van der Waals surface area contributed by atoms with Crippen LogP contribution >= 0.6 is 11.6 Å². The lowest BCUT2D eigenvalue weighted by atomic mass is 9.63. The first-order chi connectivity index (χ1) is 14.1. The van der Waals surface area contributed by atoms with Gasteiger partial charge in [0, 0.05) is 36.9 Å². The Kier molecular flexibility index (Phi) is 4.50. The molecule has 0 unspecified atom stereocenters. The lowest BCUT2D eigenvalue weighted by Crippen LogP contribution is -2.59. The molecule has 1 aliphatic carbocycles. The maximum atomic E-state index is 12.9. The van der Waals surface area contributed by atoms with E-state index in [2.05, 4.69) is 39.5 Å². The van der Waals surface area contributed by atoms with E-state index in [1.807, 2.05) is 13.0 Å². The van der Waals surface area contributed by atoms with Crippen LogP contribution in [0.3, 0.4) is 0 Å². The van der Waals surface area contributed by atoms with E-state index in [-0.39, 0.29) is 5.91 Å². The molecule has 1 saturated carbocycles. The molecule has 1 spiro atoms. The summed E-state index contributed by atoms with van der Waals surface area (Å²) in [6.45, 7) is 4.88. The van der Waals surface area contributed by atoms with Gasteiger partial charge in [-0.25, -0.2) is 4.98 Å². The molecule has 2 fully saturated rings. The Hall–Kier alpha value is -2.53. The van der Waals surface area contributed by atoms with Gasteiger partial charge in [-0.2, -0.15) is 0 Å². The number of aromatic nitrogens is 2. The van der Waals surface area contributed by atoms with Gasteiger partial charge in [0.25, 0.3) is 5.91 Å². The van der Waals surface area contributed by atoms with Gasteiger partial charge in [0.2, 0.25) is 0 Å². The van der Waals surface area contributed by atoms with Crippen molar-refractivity contribution in [1.29, 1.82) is 0 Å². The average Bonchev–Trinajstić information content (AvgIpc) is 3.02. The van der Waals surface area contributed by atoms with Crippen molar-refractivity contribution in [2.24, 2.45) is 5.41 Å². The van der Waals surface area contributed by atoms with Crippen LogP contribution in [0.4, 0.5) is 5.69 Å². The number of nitrogens with one attached hydrogen (secondary N) is 1. The van der Waals surface area contributed by atoms with Crippen LogP contribution in [0.15, 0.2) is 42.6 Å². The largest absolute Gasteiger partial charge is 0.370 e. The van der Waals surface area contributed by atoms with Crippen LogP contribution in [-0.2, 0) is 13.0 Å². The fraction of sp³-hybridized carbons (Fsp3) is 0.391. The van der Waals surface area contributed by atoms with Gasteiger partial charge in [0.15, 0.2) is 0 Å². The second-order valence-electron chi connectivity index (χ2n) is 8.39. The summed E-state index contributed by atoms with van der Waals surface area (Å²) in [5, 5.41) is 3.62. The highest BCUT2D eigenvalue weighted by Gasteiger charge is 2.47. The number of hydrogen-bond acceptors (Lipinski definition) is 3. The first kappa shape index (κ1) is 18.5. The number of hydrogen-bond donors (Lipinski definition) is 1. The Morgan fingerprint density at radius 1 is 1.17 bits per heavy atom. The molecule has 1 amide bonds. The molecule has 150 valence electrons. The zero-order valence-corrected chi connectivity index (χ0v) is 17.4. The van der Waals surface area contributed by atoms with E-state index >= 15 is 0 Å². The van der Waals surface area contributed by atoms with Crippen LogP contribution in [0.1, 0.15) is 47.9 Å². The summed E-state index contributed by atoms with van der Waals surface area (Å²) in [4.78, 5) is 19.9. The van der Waals surface area contributed by atoms with Crippen molar-refractivity contribution in [3.63, 3.8) is 0 Å². The van der Waals surface area contributed by atoms with Gasteiger partial charge in [-0.1, -0.05) is 37.1 Å². The predicted octanol–water partition coefficient (Wildman–Crippen LogP) is 4.47. The van der Waals surface area contributed by atoms with Crippen molar-refractivity contribution < 1.29 is 4.79 Å². The Bertz CT molecular complexity index is 1060. The normalized spacial score (nSPS) is 17.2. The number of carbonyl (C=O) groups is 1. The molecular weight excluding hydrogens is 384 g/mol. The van der Waals surface area contributed by atoms with Crippen LogP contribution in [0, 0.1) is 5.41 Å². The van der Waals surface area contributed by atoms with Crippen molar-refractivity contribution in [1.82, 2.24) is 14.7 Å². The number of rotatable bonds is 5. The number of imidazole rings is 1. The number of anilines is 1. The lowest BCUT2D eigenvalue weighted by Gasteiger charge is -2.57. The molecule has 2 aromatic heterocycles. The molecule has 0 atom stereocenters. The molecule has 3 aromatic rings. The minimum atomic E-state index is -0.129. The number of nitrogens with zero attached hydrogens (tertiary/aromatic N) is 3. The summed E-state index contributed by atoms with van der Waals surface area (Å²) in [7, 11) is 0. The van der Waals surface area contributed by atoms with Gasteiger partial charge in [-0.05, 0) is 49.1 Å². The number of halogens is 1. The van der Waals surface area contributed by atoms with E-state index in [9.17, 15) is 4.79 Å². The highest BCUT2D eigenvalue weighted by atomic mass is 35.5. The third kappa shape index (κ3) is 3.27. The zero-order valence-electron chi connectivity index (χ0n) is 16.6. The number of aryl methyl sites for hydroxylation is 1. The predicted molar refractivity (Wildman–Crippen MR) is 116 cm³/mol. The Morgan fingerprint density at radius 3 is 2.59 bits per heavy atom. The third-order valence-corrected chi connectivity index (χ3v) is 6.65. The molecule has 2 aliphatic rings. The molecular formula is C23H25ClN4O. The Morgan fingerprint density at radius 2 is 1.93 bits per heavy atom. The van der Waals surface area contributed by atoms with Crippen molar-refractivity contribution in [2.75, 3.05) is 18.0 Å². The third-order valence-electron chi connectivity index (χ3n) is 6.43. The maximum absolute atomic E-state index is 12.9. The van der Waals surface area contributed by atoms with Crippen molar-refractivity contribution in [3.8, 4) is 0 Å². The van der Waals surface area contributed by atoms with E-state index < -0.39 is 0 Å². The fourth-order valence-electron chi connectivity index (χ4n) is 4.58. The number of benzene rings is 1. The van der Waals surface area contributed by atoms with Crippen LogP contribution in [0.25, 0.3) is 5.65 Å².